The Kier molecular flexibility index (Phi) is 6.18. The molecule has 1 aromatic heterocycles. The summed E-state index contributed by atoms with van der Waals surface area (Å²) >= 11 is 5.86. The van der Waals surface area contributed by atoms with E-state index in [9.17, 15) is 5.11 Å². The van der Waals surface area contributed by atoms with Gasteiger partial charge in [-0.3, -0.25) is 4.98 Å². The zero-order chi connectivity index (χ0) is 15.1. The standard InChI is InChI=1S/C17H21ClN2O/c1-2-5-15(16-6-3-4-11-19-16)20-12-17(21)13-7-9-14(18)10-8-13/h3-4,6-11,15,17,20-21H,2,5,12H2,1H3. The highest BCUT2D eigenvalue weighted by molar-refractivity contribution is 6.30. The summed E-state index contributed by atoms with van der Waals surface area (Å²) in [6.07, 6.45) is 3.30. The molecule has 0 aliphatic heterocycles. The normalized spacial score (nSPS) is 13.9. The number of hydrogen-bond acceptors (Lipinski definition) is 3. The minimum atomic E-state index is -0.551. The first-order valence-electron chi connectivity index (χ1n) is 7.28. The number of aliphatic hydroxyl groups is 1. The largest absolute Gasteiger partial charge is 0.387 e. The van der Waals surface area contributed by atoms with Crippen LogP contribution in [0.3, 0.4) is 0 Å². The summed E-state index contributed by atoms with van der Waals surface area (Å²) in [5.41, 5.74) is 1.88. The van der Waals surface area contributed by atoms with Crippen LogP contribution < -0.4 is 5.32 Å². The average molecular weight is 305 g/mol. The molecule has 2 N–H and O–H groups in total. The summed E-state index contributed by atoms with van der Waals surface area (Å²) < 4.78 is 0. The van der Waals surface area contributed by atoms with Crippen LogP contribution in [0.4, 0.5) is 0 Å². The van der Waals surface area contributed by atoms with Gasteiger partial charge in [0.25, 0.3) is 0 Å². The van der Waals surface area contributed by atoms with Crippen LogP contribution in [0.25, 0.3) is 0 Å². The number of rotatable bonds is 7. The Hall–Kier alpha value is -1.42. The minimum absolute atomic E-state index is 0.165. The van der Waals surface area contributed by atoms with Gasteiger partial charge in [0.15, 0.2) is 0 Å². The van der Waals surface area contributed by atoms with E-state index in [1.54, 1.807) is 18.3 Å². The van der Waals surface area contributed by atoms with Gasteiger partial charge in [0, 0.05) is 23.8 Å². The lowest BCUT2D eigenvalue weighted by atomic mass is 10.1. The lowest BCUT2D eigenvalue weighted by Gasteiger charge is -2.20. The molecule has 0 fully saturated rings. The molecule has 2 unspecified atom stereocenters. The van der Waals surface area contributed by atoms with Gasteiger partial charge in [0.1, 0.15) is 0 Å². The monoisotopic (exact) mass is 304 g/mol. The molecule has 21 heavy (non-hydrogen) atoms. The van der Waals surface area contributed by atoms with Gasteiger partial charge in [0.05, 0.1) is 11.8 Å². The van der Waals surface area contributed by atoms with Crippen LogP contribution in [-0.4, -0.2) is 16.6 Å². The molecule has 2 rings (SSSR count). The van der Waals surface area contributed by atoms with Crippen LogP contribution in [-0.2, 0) is 0 Å². The number of aliphatic hydroxyl groups excluding tert-OH is 1. The molecule has 0 amide bonds. The van der Waals surface area contributed by atoms with Crippen molar-refractivity contribution in [1.82, 2.24) is 10.3 Å². The van der Waals surface area contributed by atoms with Gasteiger partial charge in [-0.25, -0.2) is 0 Å². The molecular weight excluding hydrogens is 284 g/mol. The number of nitrogens with zero attached hydrogens (tertiary/aromatic N) is 1. The van der Waals surface area contributed by atoms with Crippen LogP contribution >= 0.6 is 11.6 Å². The van der Waals surface area contributed by atoms with Crippen molar-refractivity contribution < 1.29 is 5.11 Å². The van der Waals surface area contributed by atoms with Gasteiger partial charge in [-0.05, 0) is 36.2 Å². The molecule has 0 aliphatic carbocycles. The van der Waals surface area contributed by atoms with Gasteiger partial charge in [-0.1, -0.05) is 43.1 Å². The van der Waals surface area contributed by atoms with E-state index in [0.717, 1.165) is 24.1 Å². The maximum atomic E-state index is 10.2. The molecule has 2 atom stereocenters. The van der Waals surface area contributed by atoms with E-state index in [-0.39, 0.29) is 6.04 Å². The summed E-state index contributed by atoms with van der Waals surface area (Å²) in [5, 5.41) is 14.3. The summed E-state index contributed by atoms with van der Waals surface area (Å²) in [6.45, 7) is 2.64. The van der Waals surface area contributed by atoms with E-state index in [1.165, 1.54) is 0 Å². The lowest BCUT2D eigenvalue weighted by molar-refractivity contribution is 0.168. The second-order valence-electron chi connectivity index (χ2n) is 5.07. The van der Waals surface area contributed by atoms with Crippen LogP contribution in [0, 0.1) is 0 Å². The molecule has 4 heteroatoms. The highest BCUT2D eigenvalue weighted by atomic mass is 35.5. The summed E-state index contributed by atoms with van der Waals surface area (Å²) in [7, 11) is 0. The number of pyridine rings is 1. The fraction of sp³-hybridized carbons (Fsp3) is 0.353. The lowest BCUT2D eigenvalue weighted by Crippen LogP contribution is -2.27. The molecular formula is C17H21ClN2O. The Morgan fingerprint density at radius 1 is 1.19 bits per heavy atom. The van der Waals surface area contributed by atoms with Crippen LogP contribution in [0.5, 0.6) is 0 Å². The second kappa shape index (κ2) is 8.13. The molecule has 0 aliphatic rings. The first-order valence-corrected chi connectivity index (χ1v) is 7.66. The van der Waals surface area contributed by atoms with E-state index in [4.69, 9.17) is 11.6 Å². The maximum absolute atomic E-state index is 10.2. The zero-order valence-corrected chi connectivity index (χ0v) is 12.9. The maximum Gasteiger partial charge on any atom is 0.0914 e. The van der Waals surface area contributed by atoms with Crippen molar-refractivity contribution in [3.63, 3.8) is 0 Å². The molecule has 0 spiro atoms. The summed E-state index contributed by atoms with van der Waals surface area (Å²) in [6, 6.07) is 13.4. The van der Waals surface area contributed by atoms with Gasteiger partial charge in [-0.2, -0.15) is 0 Å². The van der Waals surface area contributed by atoms with Crippen molar-refractivity contribution in [2.24, 2.45) is 0 Å². The Labute approximate surface area is 131 Å². The van der Waals surface area contributed by atoms with Gasteiger partial charge < -0.3 is 10.4 Å². The molecule has 2 aromatic rings. The first kappa shape index (κ1) is 16.0. The first-order chi connectivity index (χ1) is 10.2. The minimum Gasteiger partial charge on any atom is -0.387 e. The Morgan fingerprint density at radius 2 is 1.95 bits per heavy atom. The van der Waals surface area contributed by atoms with E-state index in [2.05, 4.69) is 17.2 Å². The molecule has 112 valence electrons. The number of benzene rings is 1. The SMILES string of the molecule is CCCC(NCC(O)c1ccc(Cl)cc1)c1ccccn1. The van der Waals surface area contributed by atoms with Crippen molar-refractivity contribution in [2.75, 3.05) is 6.54 Å². The summed E-state index contributed by atoms with van der Waals surface area (Å²) in [5.74, 6) is 0. The van der Waals surface area contributed by atoms with Crippen LogP contribution in [0.1, 0.15) is 43.2 Å². The smallest absolute Gasteiger partial charge is 0.0914 e. The van der Waals surface area contributed by atoms with E-state index < -0.39 is 6.10 Å². The summed E-state index contributed by atoms with van der Waals surface area (Å²) in [4.78, 5) is 4.40. The number of aromatic nitrogens is 1. The average Bonchev–Trinajstić information content (AvgIpc) is 2.52. The van der Waals surface area contributed by atoms with Crippen molar-refractivity contribution >= 4 is 11.6 Å². The van der Waals surface area contributed by atoms with Crippen molar-refractivity contribution in [3.8, 4) is 0 Å². The predicted molar refractivity (Wildman–Crippen MR) is 86.3 cm³/mol. The zero-order valence-electron chi connectivity index (χ0n) is 12.2. The second-order valence-corrected chi connectivity index (χ2v) is 5.51. The highest BCUT2D eigenvalue weighted by Gasteiger charge is 2.14. The fourth-order valence-corrected chi connectivity index (χ4v) is 2.41. The van der Waals surface area contributed by atoms with Crippen molar-refractivity contribution in [1.29, 1.82) is 0 Å². The van der Waals surface area contributed by atoms with Gasteiger partial charge in [0.2, 0.25) is 0 Å². The quantitative estimate of drug-likeness (QED) is 0.815. The molecule has 1 aromatic carbocycles. The van der Waals surface area contributed by atoms with Crippen molar-refractivity contribution in [2.45, 2.75) is 31.9 Å². The highest BCUT2D eigenvalue weighted by Crippen LogP contribution is 2.19. The molecule has 0 radical (unpaired) electrons. The number of hydrogen-bond donors (Lipinski definition) is 2. The third kappa shape index (κ3) is 4.81. The molecule has 0 bridgehead atoms. The third-order valence-corrected chi connectivity index (χ3v) is 3.69. The number of nitrogens with one attached hydrogen (secondary N) is 1. The van der Waals surface area contributed by atoms with Gasteiger partial charge >= 0.3 is 0 Å². The Bertz CT molecular complexity index is 530. The van der Waals surface area contributed by atoms with E-state index >= 15 is 0 Å². The predicted octanol–water partition coefficient (Wildman–Crippen LogP) is 3.90. The molecule has 3 nitrogen and oxygen atoms in total. The Morgan fingerprint density at radius 3 is 2.57 bits per heavy atom. The number of halogens is 1. The van der Waals surface area contributed by atoms with Crippen LogP contribution in [0.2, 0.25) is 5.02 Å². The Balaban J connectivity index is 1.97. The van der Waals surface area contributed by atoms with E-state index in [1.807, 2.05) is 30.3 Å². The molecule has 0 saturated carbocycles. The fourth-order valence-electron chi connectivity index (χ4n) is 2.28. The van der Waals surface area contributed by atoms with Crippen LogP contribution in [0.15, 0.2) is 48.7 Å². The molecule has 1 heterocycles. The molecule has 0 saturated heterocycles. The van der Waals surface area contributed by atoms with E-state index in [0.29, 0.717) is 11.6 Å². The topological polar surface area (TPSA) is 45.1 Å². The third-order valence-electron chi connectivity index (χ3n) is 3.43. The van der Waals surface area contributed by atoms with Crippen molar-refractivity contribution in [3.05, 3.63) is 64.9 Å². The van der Waals surface area contributed by atoms with Gasteiger partial charge in [-0.15, -0.1) is 0 Å².